The first kappa shape index (κ1) is 19.3. The van der Waals surface area contributed by atoms with Crippen LogP contribution in [0.2, 0.25) is 0 Å². The van der Waals surface area contributed by atoms with E-state index < -0.39 is 10.0 Å². The maximum Gasteiger partial charge on any atom is 0.251 e. The quantitative estimate of drug-likeness (QED) is 0.662. The van der Waals surface area contributed by atoms with Gasteiger partial charge in [-0.15, -0.1) is 0 Å². The third kappa shape index (κ3) is 4.63. The van der Waals surface area contributed by atoms with Crippen molar-refractivity contribution in [3.8, 4) is 0 Å². The van der Waals surface area contributed by atoms with Crippen LogP contribution in [0.4, 0.5) is 0 Å². The summed E-state index contributed by atoms with van der Waals surface area (Å²) in [7, 11) is -3.41. The molecule has 1 amide bonds. The van der Waals surface area contributed by atoms with E-state index in [1.807, 2.05) is 18.2 Å². The molecule has 0 aromatic heterocycles. The Kier molecular flexibility index (Phi) is 6.31. The molecule has 2 aromatic rings. The molecule has 0 saturated carbocycles. The maximum atomic E-state index is 12.6. The van der Waals surface area contributed by atoms with E-state index in [2.05, 4.69) is 27.9 Å². The van der Waals surface area contributed by atoms with Gasteiger partial charge in [-0.25, -0.2) is 8.42 Å². The number of halogens is 1. The lowest BCUT2D eigenvalue weighted by Crippen LogP contribution is -2.35. The van der Waals surface area contributed by atoms with Gasteiger partial charge in [0.15, 0.2) is 0 Å². The lowest BCUT2D eigenvalue weighted by molar-refractivity contribution is 0.0951. The van der Waals surface area contributed by atoms with Gasteiger partial charge >= 0.3 is 0 Å². The normalized spacial score (nSPS) is 15.6. The number of sulfonamides is 1. The monoisotopic (exact) mass is 484 g/mol. The molecule has 2 aromatic carbocycles. The predicted molar refractivity (Wildman–Crippen MR) is 109 cm³/mol. The number of nitrogens with zero attached hydrogens (tertiary/aromatic N) is 1. The minimum atomic E-state index is -3.41. The zero-order chi connectivity index (χ0) is 18.6. The van der Waals surface area contributed by atoms with Crippen LogP contribution >= 0.6 is 22.6 Å². The smallest absolute Gasteiger partial charge is 0.251 e. The summed E-state index contributed by atoms with van der Waals surface area (Å²) in [5, 5.41) is 2.86. The van der Waals surface area contributed by atoms with Crippen molar-refractivity contribution in [2.75, 3.05) is 13.1 Å². The largest absolute Gasteiger partial charge is 0.348 e. The minimum absolute atomic E-state index is 0.145. The number of hydrogen-bond donors (Lipinski definition) is 1. The number of piperidine rings is 1. The van der Waals surface area contributed by atoms with Crippen LogP contribution in [-0.4, -0.2) is 31.7 Å². The highest BCUT2D eigenvalue weighted by Crippen LogP contribution is 2.20. The fraction of sp³-hybridized carbons (Fsp3) is 0.316. The van der Waals surface area contributed by atoms with E-state index in [-0.39, 0.29) is 5.91 Å². The topological polar surface area (TPSA) is 66.5 Å². The molecule has 1 aliphatic rings. The maximum absolute atomic E-state index is 12.6. The average molecular weight is 484 g/mol. The van der Waals surface area contributed by atoms with Crippen molar-refractivity contribution in [3.05, 3.63) is 63.2 Å². The van der Waals surface area contributed by atoms with E-state index >= 15 is 0 Å². The molecule has 1 N–H and O–H groups in total. The molecule has 1 saturated heterocycles. The SMILES string of the molecule is O=C(NCc1ccc(S(=O)(=O)N2CCCCC2)cc1)c1cccc(I)c1. The predicted octanol–water partition coefficient (Wildman–Crippen LogP) is 3.40. The van der Waals surface area contributed by atoms with Crippen molar-refractivity contribution < 1.29 is 13.2 Å². The number of carbonyl (C=O) groups excluding carboxylic acids is 1. The van der Waals surface area contributed by atoms with E-state index in [0.29, 0.717) is 30.1 Å². The van der Waals surface area contributed by atoms with Gasteiger partial charge in [0.2, 0.25) is 10.0 Å². The van der Waals surface area contributed by atoms with Crippen LogP contribution in [0.15, 0.2) is 53.4 Å². The van der Waals surface area contributed by atoms with Crippen molar-refractivity contribution >= 4 is 38.5 Å². The number of nitrogens with one attached hydrogen (secondary N) is 1. The van der Waals surface area contributed by atoms with Crippen LogP contribution in [-0.2, 0) is 16.6 Å². The van der Waals surface area contributed by atoms with E-state index in [4.69, 9.17) is 0 Å². The van der Waals surface area contributed by atoms with E-state index in [0.717, 1.165) is 28.4 Å². The Hall–Kier alpha value is -1.45. The summed E-state index contributed by atoms with van der Waals surface area (Å²) in [6.07, 6.45) is 2.93. The molecular formula is C19H21IN2O3S. The average Bonchev–Trinajstić information content (AvgIpc) is 2.67. The second-order valence-electron chi connectivity index (χ2n) is 6.30. The Morgan fingerprint density at radius 1 is 1.04 bits per heavy atom. The van der Waals surface area contributed by atoms with Gasteiger partial charge in [0, 0.05) is 28.8 Å². The molecule has 26 heavy (non-hydrogen) atoms. The first-order chi connectivity index (χ1) is 12.5. The van der Waals surface area contributed by atoms with Crippen molar-refractivity contribution in [2.45, 2.75) is 30.7 Å². The second-order valence-corrected chi connectivity index (χ2v) is 9.49. The highest BCUT2D eigenvalue weighted by atomic mass is 127. The molecule has 0 unspecified atom stereocenters. The molecule has 3 rings (SSSR count). The summed E-state index contributed by atoms with van der Waals surface area (Å²) in [5.74, 6) is -0.145. The summed E-state index contributed by atoms with van der Waals surface area (Å²) in [6, 6.07) is 14.1. The number of hydrogen-bond acceptors (Lipinski definition) is 3. The van der Waals surface area contributed by atoms with Gasteiger partial charge < -0.3 is 5.32 Å². The fourth-order valence-electron chi connectivity index (χ4n) is 2.95. The van der Waals surface area contributed by atoms with Gasteiger partial charge in [0.05, 0.1) is 4.90 Å². The Bertz CT molecular complexity index is 876. The molecule has 0 bridgehead atoms. The Labute approximate surface area is 168 Å². The molecule has 1 fully saturated rings. The second kappa shape index (κ2) is 8.49. The van der Waals surface area contributed by atoms with Gasteiger partial charge in [-0.3, -0.25) is 4.79 Å². The standard InChI is InChI=1S/C19H21IN2O3S/c20-17-6-4-5-16(13-17)19(23)21-14-15-7-9-18(10-8-15)26(24,25)22-11-2-1-3-12-22/h4-10,13H,1-3,11-12,14H2,(H,21,23). The molecular weight excluding hydrogens is 463 g/mol. The minimum Gasteiger partial charge on any atom is -0.348 e. The molecule has 1 heterocycles. The third-order valence-electron chi connectivity index (χ3n) is 4.42. The van der Waals surface area contributed by atoms with Crippen molar-refractivity contribution in [1.29, 1.82) is 0 Å². The lowest BCUT2D eigenvalue weighted by atomic mass is 10.2. The number of rotatable bonds is 5. The third-order valence-corrected chi connectivity index (χ3v) is 7.00. The first-order valence-corrected chi connectivity index (χ1v) is 11.1. The van der Waals surface area contributed by atoms with E-state index in [1.54, 1.807) is 34.6 Å². The lowest BCUT2D eigenvalue weighted by Gasteiger charge is -2.25. The summed E-state index contributed by atoms with van der Waals surface area (Å²) in [5.41, 5.74) is 1.47. The van der Waals surface area contributed by atoms with Gasteiger partial charge in [0.1, 0.15) is 0 Å². The Morgan fingerprint density at radius 3 is 2.38 bits per heavy atom. The summed E-state index contributed by atoms with van der Waals surface area (Å²) >= 11 is 2.17. The summed E-state index contributed by atoms with van der Waals surface area (Å²) in [4.78, 5) is 12.5. The highest BCUT2D eigenvalue weighted by molar-refractivity contribution is 14.1. The van der Waals surface area contributed by atoms with Gasteiger partial charge in [-0.1, -0.05) is 24.6 Å². The van der Waals surface area contributed by atoms with Gasteiger partial charge in [-0.2, -0.15) is 4.31 Å². The van der Waals surface area contributed by atoms with Crippen LogP contribution in [0.5, 0.6) is 0 Å². The Morgan fingerprint density at radius 2 is 1.73 bits per heavy atom. The van der Waals surface area contributed by atoms with Crippen molar-refractivity contribution in [2.24, 2.45) is 0 Å². The molecule has 1 aliphatic heterocycles. The van der Waals surface area contributed by atoms with Crippen molar-refractivity contribution in [3.63, 3.8) is 0 Å². The van der Waals surface area contributed by atoms with Crippen LogP contribution in [0.25, 0.3) is 0 Å². The van der Waals surface area contributed by atoms with Gasteiger partial charge in [0.25, 0.3) is 5.91 Å². The van der Waals surface area contributed by atoms with Crippen LogP contribution in [0.1, 0.15) is 35.2 Å². The highest BCUT2D eigenvalue weighted by Gasteiger charge is 2.25. The van der Waals surface area contributed by atoms with E-state index in [1.165, 1.54) is 0 Å². The summed E-state index contributed by atoms with van der Waals surface area (Å²) < 4.78 is 27.8. The van der Waals surface area contributed by atoms with Crippen LogP contribution < -0.4 is 5.32 Å². The first-order valence-electron chi connectivity index (χ1n) is 8.60. The molecule has 138 valence electrons. The molecule has 0 radical (unpaired) electrons. The van der Waals surface area contributed by atoms with Crippen LogP contribution in [0.3, 0.4) is 0 Å². The molecule has 0 spiro atoms. The number of benzene rings is 2. The number of carbonyl (C=O) groups is 1. The van der Waals surface area contributed by atoms with Crippen molar-refractivity contribution in [1.82, 2.24) is 9.62 Å². The molecule has 0 aliphatic carbocycles. The van der Waals surface area contributed by atoms with Crippen LogP contribution in [0, 0.1) is 3.57 Å². The molecule has 7 heteroatoms. The number of amides is 1. The fourth-order valence-corrected chi connectivity index (χ4v) is 5.01. The van der Waals surface area contributed by atoms with Gasteiger partial charge in [-0.05, 0) is 71.3 Å². The van der Waals surface area contributed by atoms with E-state index in [9.17, 15) is 13.2 Å². The zero-order valence-electron chi connectivity index (χ0n) is 14.3. The zero-order valence-corrected chi connectivity index (χ0v) is 17.3. The molecule has 5 nitrogen and oxygen atoms in total. The molecule has 0 atom stereocenters. The Balaban J connectivity index is 1.63. The summed E-state index contributed by atoms with van der Waals surface area (Å²) in [6.45, 7) is 1.54.